The summed E-state index contributed by atoms with van der Waals surface area (Å²) in [4.78, 5) is 12.0. The Labute approximate surface area is 125 Å². The second-order valence-electron chi connectivity index (χ2n) is 4.71. The minimum Gasteiger partial charge on any atom is -0.323 e. The Balaban J connectivity index is 2.31. The highest BCUT2D eigenvalue weighted by Crippen LogP contribution is 2.44. The summed E-state index contributed by atoms with van der Waals surface area (Å²) >= 11 is 2.78. The normalized spacial score (nSPS) is 22.4. The van der Waals surface area contributed by atoms with Crippen LogP contribution in [0.15, 0.2) is 16.6 Å². The fourth-order valence-electron chi connectivity index (χ4n) is 2.12. The summed E-state index contributed by atoms with van der Waals surface area (Å²) in [5.74, 6) is -3.43. The van der Waals surface area contributed by atoms with E-state index in [2.05, 4.69) is 21.2 Å². The Morgan fingerprint density at radius 3 is 2.48 bits per heavy atom. The van der Waals surface area contributed by atoms with Crippen molar-refractivity contribution in [2.75, 3.05) is 18.4 Å². The average molecular weight is 373 g/mol. The molecule has 116 valence electrons. The van der Waals surface area contributed by atoms with Crippen molar-refractivity contribution in [1.82, 2.24) is 5.32 Å². The minimum atomic E-state index is -4.77. The predicted octanol–water partition coefficient (Wildman–Crippen LogP) is 3.21. The number of anilines is 1. The van der Waals surface area contributed by atoms with Crippen LogP contribution in [-0.2, 0) is 4.79 Å². The van der Waals surface area contributed by atoms with Gasteiger partial charge in [0, 0.05) is 12.6 Å². The van der Waals surface area contributed by atoms with E-state index in [4.69, 9.17) is 0 Å². The van der Waals surface area contributed by atoms with Crippen molar-refractivity contribution in [2.45, 2.75) is 12.6 Å². The second-order valence-corrected chi connectivity index (χ2v) is 5.56. The molecule has 1 fully saturated rings. The van der Waals surface area contributed by atoms with Gasteiger partial charge in [0.15, 0.2) is 5.41 Å². The van der Waals surface area contributed by atoms with Crippen LogP contribution in [0.25, 0.3) is 0 Å². The molecule has 0 saturated carbocycles. The van der Waals surface area contributed by atoms with Gasteiger partial charge >= 0.3 is 6.18 Å². The van der Waals surface area contributed by atoms with Crippen LogP contribution >= 0.6 is 15.9 Å². The Morgan fingerprint density at radius 1 is 1.29 bits per heavy atom. The largest absolute Gasteiger partial charge is 0.404 e. The summed E-state index contributed by atoms with van der Waals surface area (Å²) in [6.45, 7) is -0.547. The topological polar surface area (TPSA) is 41.1 Å². The number of amides is 1. The molecule has 1 aliphatic heterocycles. The van der Waals surface area contributed by atoms with E-state index >= 15 is 0 Å². The molecular formula is C12H10BrF5N2O. The lowest BCUT2D eigenvalue weighted by atomic mass is 9.85. The smallest absolute Gasteiger partial charge is 0.323 e. The highest BCUT2D eigenvalue weighted by Gasteiger charge is 2.61. The first-order valence-electron chi connectivity index (χ1n) is 5.91. The Hall–Kier alpha value is -1.22. The molecule has 21 heavy (non-hydrogen) atoms. The Kier molecular flexibility index (Phi) is 4.25. The van der Waals surface area contributed by atoms with E-state index in [0.717, 1.165) is 6.07 Å². The lowest BCUT2D eigenvalue weighted by Crippen LogP contribution is -2.49. The van der Waals surface area contributed by atoms with E-state index < -0.39 is 47.8 Å². The third kappa shape index (κ3) is 2.89. The first-order valence-corrected chi connectivity index (χ1v) is 6.70. The van der Waals surface area contributed by atoms with Crippen molar-refractivity contribution in [3.8, 4) is 0 Å². The van der Waals surface area contributed by atoms with Crippen LogP contribution in [0, 0.1) is 17.0 Å². The SMILES string of the molecule is O=C(Nc1cc(Br)c(F)cc1F)C1(C(F)(F)F)CCNC1. The van der Waals surface area contributed by atoms with Gasteiger partial charge in [-0.1, -0.05) is 0 Å². The summed E-state index contributed by atoms with van der Waals surface area (Å²) in [5, 5.41) is 4.37. The molecule has 0 aliphatic carbocycles. The maximum atomic E-state index is 13.5. The maximum Gasteiger partial charge on any atom is 0.404 e. The summed E-state index contributed by atoms with van der Waals surface area (Å²) in [5.41, 5.74) is -3.12. The fraction of sp³-hybridized carbons (Fsp3) is 0.417. The summed E-state index contributed by atoms with van der Waals surface area (Å²) in [7, 11) is 0. The molecular weight excluding hydrogens is 363 g/mol. The molecule has 3 nitrogen and oxygen atoms in total. The van der Waals surface area contributed by atoms with Crippen LogP contribution in [0.2, 0.25) is 0 Å². The number of hydrogen-bond donors (Lipinski definition) is 2. The van der Waals surface area contributed by atoms with Crippen LogP contribution < -0.4 is 10.6 Å². The molecule has 1 heterocycles. The number of hydrogen-bond acceptors (Lipinski definition) is 2. The van der Waals surface area contributed by atoms with Crippen LogP contribution in [-0.4, -0.2) is 25.2 Å². The second kappa shape index (κ2) is 5.53. The number of carbonyl (C=O) groups excluding carboxylic acids is 1. The van der Waals surface area contributed by atoms with Crippen LogP contribution in [0.4, 0.5) is 27.6 Å². The van der Waals surface area contributed by atoms with Gasteiger partial charge in [0.2, 0.25) is 5.91 Å². The van der Waals surface area contributed by atoms with Crippen LogP contribution in [0.3, 0.4) is 0 Å². The number of rotatable bonds is 2. The number of nitrogens with one attached hydrogen (secondary N) is 2. The van der Waals surface area contributed by atoms with Crippen LogP contribution in [0.5, 0.6) is 0 Å². The Morgan fingerprint density at radius 2 is 1.95 bits per heavy atom. The van der Waals surface area contributed by atoms with E-state index in [1.165, 1.54) is 0 Å². The van der Waals surface area contributed by atoms with Gasteiger partial charge in [0.1, 0.15) is 11.6 Å². The molecule has 1 atom stereocenters. The van der Waals surface area contributed by atoms with Gasteiger partial charge in [-0.3, -0.25) is 4.79 Å². The van der Waals surface area contributed by atoms with E-state index in [1.807, 2.05) is 5.32 Å². The maximum absolute atomic E-state index is 13.5. The van der Waals surface area contributed by atoms with Crippen molar-refractivity contribution in [2.24, 2.45) is 5.41 Å². The lowest BCUT2D eigenvalue weighted by Gasteiger charge is -2.29. The molecule has 1 amide bonds. The molecule has 2 rings (SSSR count). The van der Waals surface area contributed by atoms with Gasteiger partial charge in [-0.05, 0) is 35.0 Å². The molecule has 1 unspecified atom stereocenters. The molecule has 0 spiro atoms. The molecule has 0 bridgehead atoms. The van der Waals surface area contributed by atoms with Crippen LogP contribution in [0.1, 0.15) is 6.42 Å². The first-order chi connectivity index (χ1) is 9.67. The number of benzene rings is 1. The van der Waals surface area contributed by atoms with Crippen molar-refractivity contribution >= 4 is 27.5 Å². The summed E-state index contributed by atoms with van der Waals surface area (Å²) in [6, 6.07) is 1.36. The van der Waals surface area contributed by atoms with Gasteiger partial charge in [0.25, 0.3) is 0 Å². The molecule has 1 aromatic carbocycles. The summed E-state index contributed by atoms with van der Waals surface area (Å²) in [6.07, 6.45) is -5.21. The third-order valence-corrected chi connectivity index (χ3v) is 4.00. The van der Waals surface area contributed by atoms with E-state index in [-0.39, 0.29) is 11.0 Å². The number of alkyl halides is 3. The highest BCUT2D eigenvalue weighted by molar-refractivity contribution is 9.10. The van der Waals surface area contributed by atoms with E-state index in [9.17, 15) is 26.7 Å². The zero-order chi connectivity index (χ0) is 15.8. The highest BCUT2D eigenvalue weighted by atomic mass is 79.9. The molecule has 9 heteroatoms. The predicted molar refractivity (Wildman–Crippen MR) is 68.7 cm³/mol. The van der Waals surface area contributed by atoms with Crippen molar-refractivity contribution in [3.63, 3.8) is 0 Å². The third-order valence-electron chi connectivity index (χ3n) is 3.39. The fourth-order valence-corrected chi connectivity index (χ4v) is 2.46. The van der Waals surface area contributed by atoms with E-state index in [1.54, 1.807) is 0 Å². The number of halogens is 6. The van der Waals surface area contributed by atoms with Crippen molar-refractivity contribution < 1.29 is 26.7 Å². The van der Waals surface area contributed by atoms with Crippen molar-refractivity contribution in [1.29, 1.82) is 0 Å². The molecule has 0 radical (unpaired) electrons. The Bertz CT molecular complexity index is 570. The van der Waals surface area contributed by atoms with Gasteiger partial charge in [0.05, 0.1) is 10.2 Å². The monoisotopic (exact) mass is 372 g/mol. The zero-order valence-corrected chi connectivity index (χ0v) is 12.0. The minimum absolute atomic E-state index is 0.0303. The molecule has 1 saturated heterocycles. The summed E-state index contributed by atoms with van der Waals surface area (Å²) < 4.78 is 65.9. The lowest BCUT2D eigenvalue weighted by molar-refractivity contribution is -0.213. The molecule has 2 N–H and O–H groups in total. The van der Waals surface area contributed by atoms with E-state index in [0.29, 0.717) is 6.07 Å². The first kappa shape index (κ1) is 16.2. The quantitative estimate of drug-likeness (QED) is 0.618. The number of carbonyl (C=O) groups is 1. The zero-order valence-electron chi connectivity index (χ0n) is 10.5. The van der Waals surface area contributed by atoms with Gasteiger partial charge in [-0.2, -0.15) is 13.2 Å². The van der Waals surface area contributed by atoms with Gasteiger partial charge in [-0.25, -0.2) is 8.78 Å². The van der Waals surface area contributed by atoms with Crippen molar-refractivity contribution in [3.05, 3.63) is 28.2 Å². The molecule has 1 aromatic rings. The molecule has 1 aliphatic rings. The average Bonchev–Trinajstić information content (AvgIpc) is 2.85. The van der Waals surface area contributed by atoms with Gasteiger partial charge < -0.3 is 10.6 Å². The molecule has 0 aromatic heterocycles. The van der Waals surface area contributed by atoms with Gasteiger partial charge in [-0.15, -0.1) is 0 Å². The standard InChI is InChI=1S/C12H10BrF5N2O/c13-6-3-9(8(15)4-7(6)14)20-10(21)11(12(16,17)18)1-2-19-5-11/h3-4,19H,1-2,5H2,(H,20,21).